The molecule has 0 aliphatic heterocycles. The van der Waals surface area contributed by atoms with Crippen molar-refractivity contribution in [3.05, 3.63) is 95.0 Å². The molecule has 4 rings (SSSR count). The molecule has 0 amide bonds. The zero-order valence-corrected chi connectivity index (χ0v) is 18.2. The molecule has 0 saturated carbocycles. The van der Waals surface area contributed by atoms with Gasteiger partial charge in [0.2, 0.25) is 5.09 Å². The van der Waals surface area contributed by atoms with Gasteiger partial charge in [-0.2, -0.15) is 8.42 Å². The first-order valence-electron chi connectivity index (χ1n) is 9.41. The highest BCUT2D eigenvalue weighted by atomic mass is 35.5. The van der Waals surface area contributed by atoms with E-state index in [9.17, 15) is 8.42 Å². The monoisotopic (exact) mass is 454 g/mol. The molecule has 0 aliphatic rings. The van der Waals surface area contributed by atoms with E-state index in [-0.39, 0.29) is 10.8 Å². The van der Waals surface area contributed by atoms with Gasteiger partial charge < -0.3 is 9.25 Å². The Morgan fingerprint density at radius 1 is 1.03 bits per heavy atom. The molecule has 0 fully saturated rings. The Labute approximate surface area is 185 Å². The van der Waals surface area contributed by atoms with Gasteiger partial charge >= 0.3 is 0 Å². The second-order valence-electron chi connectivity index (χ2n) is 6.78. The largest absolute Gasteiger partial charge is 0.443 e. The van der Waals surface area contributed by atoms with Crippen molar-refractivity contribution in [2.75, 3.05) is 11.8 Å². The summed E-state index contributed by atoms with van der Waals surface area (Å²) in [5.74, 6) is 0. The van der Waals surface area contributed by atoms with Gasteiger partial charge in [-0.25, -0.2) is 0 Å². The summed E-state index contributed by atoms with van der Waals surface area (Å²) in [6.07, 6.45) is 0.440. The van der Waals surface area contributed by atoms with E-state index in [0.717, 1.165) is 5.56 Å². The molecule has 31 heavy (non-hydrogen) atoms. The number of halogens is 1. The van der Waals surface area contributed by atoms with Crippen molar-refractivity contribution in [1.29, 1.82) is 0 Å². The fourth-order valence-electron chi connectivity index (χ4n) is 3.21. The molecule has 1 aromatic heterocycles. The van der Waals surface area contributed by atoms with Gasteiger partial charge in [-0.3, -0.25) is 4.72 Å². The molecule has 0 saturated heterocycles. The highest BCUT2D eigenvalue weighted by Crippen LogP contribution is 2.28. The molecule has 4 aromatic rings. The van der Waals surface area contributed by atoms with Gasteiger partial charge in [-0.15, -0.1) is 0 Å². The average Bonchev–Trinajstić information content (AvgIpc) is 3.20. The van der Waals surface area contributed by atoms with Crippen molar-refractivity contribution >= 4 is 44.0 Å². The van der Waals surface area contributed by atoms with Crippen molar-refractivity contribution in [2.24, 2.45) is 5.16 Å². The molecule has 1 N–H and O–H groups in total. The van der Waals surface area contributed by atoms with Crippen LogP contribution in [0.5, 0.6) is 0 Å². The van der Waals surface area contributed by atoms with E-state index in [0.29, 0.717) is 33.7 Å². The van der Waals surface area contributed by atoms with Crippen LogP contribution in [0, 0.1) is 0 Å². The second kappa shape index (κ2) is 8.83. The number of nitrogens with zero attached hydrogens (tertiary/aromatic N) is 1. The molecule has 0 spiro atoms. The van der Waals surface area contributed by atoms with Gasteiger partial charge in [0.15, 0.2) is 0 Å². The standard InChI is InChI=1S/C23H19ClN2O4S/c1-29-25-20(13-16-7-3-2-4-8-16)19-12-11-18(24)15-21(19)26-31(27,28)23-14-17-9-5-6-10-22(17)30-23/h2-12,14-15,26H,13H2,1H3. The lowest BCUT2D eigenvalue weighted by Gasteiger charge is -2.14. The zero-order chi connectivity index (χ0) is 21.8. The minimum absolute atomic E-state index is 0.187. The Morgan fingerprint density at radius 3 is 2.52 bits per heavy atom. The first-order chi connectivity index (χ1) is 15.0. The van der Waals surface area contributed by atoms with Crippen LogP contribution in [-0.4, -0.2) is 21.2 Å². The molecular formula is C23H19ClN2O4S. The van der Waals surface area contributed by atoms with Crippen LogP contribution in [-0.2, 0) is 21.3 Å². The Kier molecular flexibility index (Phi) is 5.97. The minimum atomic E-state index is -4.01. The van der Waals surface area contributed by atoms with Crippen LogP contribution < -0.4 is 4.72 Å². The number of sulfonamides is 1. The first kappa shape index (κ1) is 21.0. The Hall–Kier alpha value is -3.29. The minimum Gasteiger partial charge on any atom is -0.443 e. The number of para-hydroxylation sites is 1. The second-order valence-corrected chi connectivity index (χ2v) is 8.83. The lowest BCUT2D eigenvalue weighted by atomic mass is 10.0. The Balaban J connectivity index is 1.72. The van der Waals surface area contributed by atoms with E-state index in [4.69, 9.17) is 20.9 Å². The summed E-state index contributed by atoms with van der Waals surface area (Å²) in [7, 11) is -2.56. The van der Waals surface area contributed by atoms with Crippen molar-refractivity contribution in [3.8, 4) is 0 Å². The van der Waals surface area contributed by atoms with Crippen LogP contribution in [0.2, 0.25) is 5.02 Å². The van der Waals surface area contributed by atoms with Crippen molar-refractivity contribution < 1.29 is 17.7 Å². The molecule has 0 bridgehead atoms. The average molecular weight is 455 g/mol. The third kappa shape index (κ3) is 4.73. The van der Waals surface area contributed by atoms with Crippen molar-refractivity contribution in [2.45, 2.75) is 11.5 Å². The van der Waals surface area contributed by atoms with Crippen molar-refractivity contribution in [1.82, 2.24) is 0 Å². The van der Waals surface area contributed by atoms with Gasteiger partial charge in [-0.05, 0) is 29.8 Å². The third-order valence-corrected chi connectivity index (χ3v) is 6.08. The van der Waals surface area contributed by atoms with E-state index in [2.05, 4.69) is 9.88 Å². The van der Waals surface area contributed by atoms with Crippen LogP contribution in [0.1, 0.15) is 11.1 Å². The number of furan rings is 1. The predicted molar refractivity (Wildman–Crippen MR) is 122 cm³/mol. The van der Waals surface area contributed by atoms with E-state index in [1.54, 1.807) is 30.3 Å². The summed E-state index contributed by atoms with van der Waals surface area (Å²) in [4.78, 5) is 5.03. The summed E-state index contributed by atoms with van der Waals surface area (Å²) in [5.41, 5.74) is 2.86. The van der Waals surface area contributed by atoms with Gasteiger partial charge in [0.1, 0.15) is 12.7 Å². The quantitative estimate of drug-likeness (QED) is 0.296. The number of nitrogens with one attached hydrogen (secondary N) is 1. The molecular weight excluding hydrogens is 436 g/mol. The fourth-order valence-corrected chi connectivity index (χ4v) is 4.43. The molecule has 158 valence electrons. The van der Waals surface area contributed by atoms with Crippen LogP contribution in [0.4, 0.5) is 5.69 Å². The topological polar surface area (TPSA) is 80.9 Å². The lowest BCUT2D eigenvalue weighted by molar-refractivity contribution is 0.213. The first-order valence-corrected chi connectivity index (χ1v) is 11.3. The summed E-state index contributed by atoms with van der Waals surface area (Å²) in [5, 5.41) is 5.02. The highest BCUT2D eigenvalue weighted by Gasteiger charge is 2.22. The van der Waals surface area contributed by atoms with Gasteiger partial charge in [0.25, 0.3) is 10.0 Å². The zero-order valence-electron chi connectivity index (χ0n) is 16.6. The number of oxime groups is 1. The normalized spacial score (nSPS) is 12.1. The van der Waals surface area contributed by atoms with Gasteiger partial charge in [-0.1, -0.05) is 65.3 Å². The van der Waals surface area contributed by atoms with E-state index >= 15 is 0 Å². The summed E-state index contributed by atoms with van der Waals surface area (Å²) in [6, 6.07) is 23.2. The summed E-state index contributed by atoms with van der Waals surface area (Å²) in [6.45, 7) is 0. The maximum atomic E-state index is 13.1. The summed E-state index contributed by atoms with van der Waals surface area (Å²) < 4.78 is 34.2. The van der Waals surface area contributed by atoms with Crippen LogP contribution in [0.15, 0.2) is 93.5 Å². The third-order valence-electron chi connectivity index (χ3n) is 4.62. The SMILES string of the molecule is CON=C(Cc1ccccc1)c1ccc(Cl)cc1NS(=O)(=O)c1cc2ccccc2o1. The molecule has 0 unspecified atom stereocenters. The number of hydrogen-bond donors (Lipinski definition) is 1. The van der Waals surface area contributed by atoms with Gasteiger partial charge in [0.05, 0.1) is 11.4 Å². The Bertz CT molecular complexity index is 1320. The van der Waals surface area contributed by atoms with Crippen LogP contribution >= 0.6 is 11.6 Å². The molecule has 0 atom stereocenters. The molecule has 6 nitrogen and oxygen atoms in total. The van der Waals surface area contributed by atoms with E-state index < -0.39 is 10.0 Å². The number of hydrogen-bond acceptors (Lipinski definition) is 5. The lowest BCUT2D eigenvalue weighted by Crippen LogP contribution is -2.16. The Morgan fingerprint density at radius 2 is 1.77 bits per heavy atom. The predicted octanol–water partition coefficient (Wildman–Crippen LogP) is 5.48. The van der Waals surface area contributed by atoms with Crippen LogP contribution in [0.3, 0.4) is 0 Å². The van der Waals surface area contributed by atoms with E-state index in [1.807, 2.05) is 36.4 Å². The number of fused-ring (bicyclic) bond motifs is 1. The van der Waals surface area contributed by atoms with Crippen LogP contribution in [0.25, 0.3) is 11.0 Å². The maximum absolute atomic E-state index is 13.1. The smallest absolute Gasteiger partial charge is 0.295 e. The molecule has 0 radical (unpaired) electrons. The highest BCUT2D eigenvalue weighted by molar-refractivity contribution is 7.92. The molecule has 8 heteroatoms. The maximum Gasteiger partial charge on any atom is 0.295 e. The molecule has 1 heterocycles. The van der Waals surface area contributed by atoms with E-state index in [1.165, 1.54) is 19.2 Å². The number of rotatable bonds is 7. The van der Waals surface area contributed by atoms with Crippen molar-refractivity contribution in [3.63, 3.8) is 0 Å². The van der Waals surface area contributed by atoms with Gasteiger partial charge in [0, 0.05) is 28.5 Å². The number of benzene rings is 3. The molecule has 3 aromatic carbocycles. The fraction of sp³-hybridized carbons (Fsp3) is 0.0870. The number of anilines is 1. The summed E-state index contributed by atoms with van der Waals surface area (Å²) >= 11 is 6.17. The molecule has 0 aliphatic carbocycles.